The quantitative estimate of drug-likeness (QED) is 0.710. The van der Waals surface area contributed by atoms with Gasteiger partial charge in [-0.1, -0.05) is 0 Å². The molecule has 0 spiro atoms. The number of amides is 1. The van der Waals surface area contributed by atoms with Crippen molar-refractivity contribution in [3.63, 3.8) is 0 Å². The van der Waals surface area contributed by atoms with E-state index in [1.54, 1.807) is 25.9 Å². The number of nitrogens with zero attached hydrogens (tertiary/aromatic N) is 4. The van der Waals surface area contributed by atoms with E-state index in [1.807, 2.05) is 0 Å². The van der Waals surface area contributed by atoms with Crippen LogP contribution in [0.25, 0.3) is 0 Å². The Hall–Kier alpha value is -1.45. The van der Waals surface area contributed by atoms with Gasteiger partial charge in [-0.3, -0.25) is 9.48 Å². The maximum Gasteiger partial charge on any atom is 0.260 e. The van der Waals surface area contributed by atoms with Crippen molar-refractivity contribution in [2.45, 2.75) is 18.0 Å². The molecule has 2 bridgehead atoms. The van der Waals surface area contributed by atoms with Crippen molar-refractivity contribution >= 4 is 15.9 Å². The van der Waals surface area contributed by atoms with Crippen LogP contribution in [0.2, 0.25) is 0 Å². The molecule has 8 nitrogen and oxygen atoms in total. The molecule has 2 aliphatic rings. The molecule has 0 radical (unpaired) electrons. The molecule has 1 amide bonds. The Morgan fingerprint density at radius 2 is 2.00 bits per heavy atom. The molecule has 9 heteroatoms. The van der Waals surface area contributed by atoms with Gasteiger partial charge in [0.2, 0.25) is 5.91 Å². The zero-order chi connectivity index (χ0) is 16.1. The molecule has 3 heterocycles. The van der Waals surface area contributed by atoms with Crippen molar-refractivity contribution in [1.29, 1.82) is 0 Å². The average molecular weight is 328 g/mol. The van der Waals surface area contributed by atoms with Gasteiger partial charge in [0.05, 0.1) is 31.4 Å². The third kappa shape index (κ3) is 2.33. The van der Waals surface area contributed by atoms with Gasteiger partial charge in [0.15, 0.2) is 5.03 Å². The number of carbonyl (C=O) groups excluding carboxylic acids is 1. The summed E-state index contributed by atoms with van der Waals surface area (Å²) < 4.78 is 34.2. The Morgan fingerprint density at radius 3 is 2.64 bits per heavy atom. The number of fused-ring (bicyclic) bond motifs is 3. The fraction of sp³-hybridized carbons (Fsp3) is 0.692. The lowest BCUT2D eigenvalue weighted by molar-refractivity contribution is -0.133. The predicted molar refractivity (Wildman–Crippen MR) is 77.6 cm³/mol. The first kappa shape index (κ1) is 15.4. The maximum atomic E-state index is 13.0. The van der Waals surface area contributed by atoms with E-state index in [4.69, 9.17) is 4.74 Å². The zero-order valence-electron chi connectivity index (χ0n) is 12.9. The number of carbonyl (C=O) groups is 1. The third-order valence-corrected chi connectivity index (χ3v) is 6.41. The number of likely N-dealkylation sites (N-methyl/N-ethyl adjacent to an activating group) is 1. The second-order valence-electron chi connectivity index (χ2n) is 5.92. The zero-order valence-corrected chi connectivity index (χ0v) is 13.7. The summed E-state index contributed by atoms with van der Waals surface area (Å²) >= 11 is 0. The predicted octanol–water partition coefficient (Wildman–Crippen LogP) is -0.794. The fourth-order valence-corrected chi connectivity index (χ4v) is 4.91. The van der Waals surface area contributed by atoms with E-state index >= 15 is 0 Å². The summed E-state index contributed by atoms with van der Waals surface area (Å²) in [7, 11) is -0.374. The summed E-state index contributed by atoms with van der Waals surface area (Å²) in [5.74, 6) is -0.511. The third-order valence-electron chi connectivity index (χ3n) is 4.35. The van der Waals surface area contributed by atoms with E-state index in [0.29, 0.717) is 12.2 Å². The maximum absolute atomic E-state index is 13.0. The molecule has 0 aliphatic carbocycles. The molecule has 0 aromatic carbocycles. The molecule has 3 rings (SSSR count). The monoisotopic (exact) mass is 328 g/mol. The van der Waals surface area contributed by atoms with Crippen molar-refractivity contribution in [3.05, 3.63) is 11.8 Å². The van der Waals surface area contributed by atoms with Crippen LogP contribution >= 0.6 is 0 Å². The normalized spacial score (nSPS) is 27.0. The van der Waals surface area contributed by atoms with Gasteiger partial charge in [0, 0.05) is 32.7 Å². The number of hydrogen-bond acceptors (Lipinski definition) is 5. The fourth-order valence-electron chi connectivity index (χ4n) is 3.08. The summed E-state index contributed by atoms with van der Waals surface area (Å²) in [5.41, 5.74) is 0.604. The molecule has 2 atom stereocenters. The minimum Gasteiger partial charge on any atom is -0.378 e. The standard InChI is InChI=1S/C13H20N4O4S/c1-9-4-14-16(3)13(9)22(19,20)17-5-10-7-21-8-11(6-17)15(2)12(10)18/h4,10-11H,5-8H2,1-3H3/t10-,11+/m1/s1. The minimum absolute atomic E-state index is 0.0538. The van der Waals surface area contributed by atoms with Gasteiger partial charge in [0.1, 0.15) is 0 Å². The van der Waals surface area contributed by atoms with E-state index in [1.165, 1.54) is 15.2 Å². The molecule has 22 heavy (non-hydrogen) atoms. The van der Waals surface area contributed by atoms with Gasteiger partial charge in [-0.25, -0.2) is 8.42 Å². The number of rotatable bonds is 2. The smallest absolute Gasteiger partial charge is 0.260 e. The topological polar surface area (TPSA) is 84.7 Å². The second-order valence-corrected chi connectivity index (χ2v) is 7.77. The number of ether oxygens (including phenoxy) is 1. The van der Waals surface area contributed by atoms with Crippen molar-refractivity contribution in [1.82, 2.24) is 19.0 Å². The Bertz CT molecular complexity index is 679. The van der Waals surface area contributed by atoms with Gasteiger partial charge >= 0.3 is 0 Å². The summed E-state index contributed by atoms with van der Waals surface area (Å²) in [5, 5.41) is 4.20. The van der Waals surface area contributed by atoms with Gasteiger partial charge in [-0.05, 0) is 6.92 Å². The van der Waals surface area contributed by atoms with Gasteiger partial charge in [0.25, 0.3) is 10.0 Å². The SMILES string of the molecule is Cc1cnn(C)c1S(=O)(=O)N1C[C@@H]2COC[C@H](C1)N(C)C2=O. The lowest BCUT2D eigenvalue weighted by Gasteiger charge is -2.28. The van der Waals surface area contributed by atoms with Crippen LogP contribution in [0.1, 0.15) is 5.56 Å². The summed E-state index contributed by atoms with van der Waals surface area (Å²) in [6.45, 7) is 2.72. The molecule has 122 valence electrons. The number of aryl methyl sites for hydroxylation is 2. The highest BCUT2D eigenvalue weighted by Crippen LogP contribution is 2.26. The number of sulfonamides is 1. The molecular formula is C13H20N4O4S. The lowest BCUT2D eigenvalue weighted by atomic mass is 10.1. The first-order chi connectivity index (χ1) is 10.3. The van der Waals surface area contributed by atoms with Crippen molar-refractivity contribution < 1.29 is 17.9 Å². The van der Waals surface area contributed by atoms with Crippen LogP contribution < -0.4 is 0 Å². The molecule has 0 saturated carbocycles. The minimum atomic E-state index is -3.69. The van der Waals surface area contributed by atoms with Crippen LogP contribution in [0.15, 0.2) is 11.2 Å². The second kappa shape index (κ2) is 5.32. The van der Waals surface area contributed by atoms with E-state index in [2.05, 4.69) is 5.10 Å². The molecule has 0 unspecified atom stereocenters. The highest BCUT2D eigenvalue weighted by Gasteiger charge is 2.42. The van der Waals surface area contributed by atoms with Crippen LogP contribution in [0.3, 0.4) is 0 Å². The van der Waals surface area contributed by atoms with E-state index in [0.717, 1.165) is 0 Å². The molecular weight excluding hydrogens is 308 g/mol. The highest BCUT2D eigenvalue weighted by atomic mass is 32.2. The number of aromatic nitrogens is 2. The van der Waals surface area contributed by atoms with Crippen LogP contribution in [-0.4, -0.2) is 72.7 Å². The molecule has 2 saturated heterocycles. The van der Waals surface area contributed by atoms with Gasteiger partial charge in [-0.2, -0.15) is 9.40 Å². The van der Waals surface area contributed by atoms with Crippen molar-refractivity contribution in [2.75, 3.05) is 33.4 Å². The largest absolute Gasteiger partial charge is 0.378 e. The van der Waals surface area contributed by atoms with Crippen molar-refractivity contribution in [3.8, 4) is 0 Å². The Labute approximate surface area is 129 Å². The van der Waals surface area contributed by atoms with Crippen LogP contribution in [-0.2, 0) is 26.6 Å². The summed E-state index contributed by atoms with van der Waals surface area (Å²) in [6, 6.07) is -0.261. The Morgan fingerprint density at radius 1 is 1.27 bits per heavy atom. The molecule has 2 fully saturated rings. The number of hydrogen-bond donors (Lipinski definition) is 0. The molecule has 1 aromatic rings. The van der Waals surface area contributed by atoms with Crippen LogP contribution in [0, 0.1) is 12.8 Å². The average Bonchev–Trinajstić information content (AvgIpc) is 2.64. The van der Waals surface area contributed by atoms with Gasteiger partial charge in [-0.15, -0.1) is 0 Å². The Kier molecular flexibility index (Phi) is 3.74. The summed E-state index contributed by atoms with van der Waals surface area (Å²) in [6.07, 6.45) is 1.53. The molecule has 2 aliphatic heterocycles. The first-order valence-corrected chi connectivity index (χ1v) is 8.59. The highest BCUT2D eigenvalue weighted by molar-refractivity contribution is 7.89. The lowest BCUT2D eigenvalue weighted by Crippen LogP contribution is -2.45. The molecule has 1 aromatic heterocycles. The Balaban J connectivity index is 2.00. The van der Waals surface area contributed by atoms with Crippen molar-refractivity contribution in [2.24, 2.45) is 13.0 Å². The van der Waals surface area contributed by atoms with E-state index < -0.39 is 15.9 Å². The van der Waals surface area contributed by atoms with Crippen LogP contribution in [0.4, 0.5) is 0 Å². The summed E-state index contributed by atoms with van der Waals surface area (Å²) in [4.78, 5) is 13.9. The molecule has 0 N–H and O–H groups in total. The first-order valence-electron chi connectivity index (χ1n) is 7.15. The van der Waals surface area contributed by atoms with E-state index in [-0.39, 0.29) is 36.7 Å². The van der Waals surface area contributed by atoms with E-state index in [9.17, 15) is 13.2 Å². The van der Waals surface area contributed by atoms with Gasteiger partial charge < -0.3 is 9.64 Å². The van der Waals surface area contributed by atoms with Crippen LogP contribution in [0.5, 0.6) is 0 Å².